The van der Waals surface area contributed by atoms with Crippen LogP contribution in [0.1, 0.15) is 21.6 Å². The smallest absolute Gasteiger partial charge is 0.274 e. The van der Waals surface area contributed by atoms with Crippen LogP contribution in [0.25, 0.3) is 0 Å². The van der Waals surface area contributed by atoms with Crippen molar-refractivity contribution < 1.29 is 4.79 Å². The van der Waals surface area contributed by atoms with E-state index in [1.165, 1.54) is 12.3 Å². The molecule has 0 aliphatic carbocycles. The summed E-state index contributed by atoms with van der Waals surface area (Å²) in [6.07, 6.45) is 4.94. The molecule has 0 saturated heterocycles. The quantitative estimate of drug-likeness (QED) is 0.745. The largest absolute Gasteiger partial charge is 0.350 e. The third-order valence-corrected chi connectivity index (χ3v) is 3.36. The first kappa shape index (κ1) is 16.1. The van der Waals surface area contributed by atoms with E-state index in [9.17, 15) is 4.79 Å². The highest BCUT2D eigenvalue weighted by atomic mass is 16.1. The highest BCUT2D eigenvalue weighted by Gasteiger charge is 2.11. The van der Waals surface area contributed by atoms with Gasteiger partial charge in [0.1, 0.15) is 11.8 Å². The van der Waals surface area contributed by atoms with Gasteiger partial charge in [-0.25, -0.2) is 9.97 Å². The second-order valence-electron chi connectivity index (χ2n) is 5.09. The third-order valence-electron chi connectivity index (χ3n) is 3.36. The summed E-state index contributed by atoms with van der Waals surface area (Å²) in [5, 5.41) is 14.8. The molecular formula is C18H14N6O. The molecule has 2 heterocycles. The van der Waals surface area contributed by atoms with Crippen molar-refractivity contribution in [3.05, 3.63) is 77.9 Å². The molecule has 0 radical (unpaired) electrons. The summed E-state index contributed by atoms with van der Waals surface area (Å²) >= 11 is 0. The molecule has 1 amide bonds. The Bertz CT molecular complexity index is 920. The molecule has 7 nitrogen and oxygen atoms in total. The standard InChI is InChI=1S/C18H14N6O/c19-10-14-5-1-2-6-15(14)23-17(25)16-7-9-21-18(24-16)22-12-13-4-3-8-20-11-13/h1-9,11H,12H2,(H,23,25)(H,21,22,24). The Kier molecular flexibility index (Phi) is 4.93. The van der Waals surface area contributed by atoms with Crippen molar-refractivity contribution in [3.63, 3.8) is 0 Å². The van der Waals surface area contributed by atoms with E-state index in [0.717, 1.165) is 5.56 Å². The average Bonchev–Trinajstić information content (AvgIpc) is 2.68. The van der Waals surface area contributed by atoms with Gasteiger partial charge in [-0.15, -0.1) is 0 Å². The molecular weight excluding hydrogens is 316 g/mol. The van der Waals surface area contributed by atoms with Gasteiger partial charge in [0, 0.05) is 25.1 Å². The van der Waals surface area contributed by atoms with Gasteiger partial charge in [-0.2, -0.15) is 5.26 Å². The predicted octanol–water partition coefficient (Wildman–Crippen LogP) is 2.61. The lowest BCUT2D eigenvalue weighted by Gasteiger charge is -2.08. The molecule has 0 bridgehead atoms. The zero-order valence-corrected chi connectivity index (χ0v) is 13.2. The van der Waals surface area contributed by atoms with E-state index in [1.807, 2.05) is 18.2 Å². The van der Waals surface area contributed by atoms with Gasteiger partial charge in [0.25, 0.3) is 5.91 Å². The van der Waals surface area contributed by atoms with E-state index in [0.29, 0.717) is 23.7 Å². The summed E-state index contributed by atoms with van der Waals surface area (Å²) in [5.74, 6) is -0.0698. The summed E-state index contributed by atoms with van der Waals surface area (Å²) in [4.78, 5) is 24.7. The van der Waals surface area contributed by atoms with E-state index < -0.39 is 5.91 Å². The van der Waals surface area contributed by atoms with Crippen LogP contribution in [-0.4, -0.2) is 20.9 Å². The Hall–Kier alpha value is -3.79. The van der Waals surface area contributed by atoms with Gasteiger partial charge in [-0.1, -0.05) is 18.2 Å². The SMILES string of the molecule is N#Cc1ccccc1NC(=O)c1ccnc(NCc2cccnc2)n1. The van der Waals surface area contributed by atoms with E-state index in [2.05, 4.69) is 25.6 Å². The van der Waals surface area contributed by atoms with E-state index >= 15 is 0 Å². The number of carbonyl (C=O) groups is 1. The van der Waals surface area contributed by atoms with Crippen LogP contribution in [-0.2, 0) is 6.54 Å². The molecule has 122 valence electrons. The molecule has 2 N–H and O–H groups in total. The van der Waals surface area contributed by atoms with Crippen molar-refractivity contribution in [1.29, 1.82) is 5.26 Å². The van der Waals surface area contributed by atoms with Gasteiger partial charge in [0.15, 0.2) is 0 Å². The molecule has 0 unspecified atom stereocenters. The summed E-state index contributed by atoms with van der Waals surface area (Å²) < 4.78 is 0. The fourth-order valence-corrected chi connectivity index (χ4v) is 2.13. The molecule has 3 aromatic rings. The van der Waals surface area contributed by atoms with Crippen molar-refractivity contribution in [2.45, 2.75) is 6.54 Å². The van der Waals surface area contributed by atoms with Crippen molar-refractivity contribution >= 4 is 17.5 Å². The molecule has 3 rings (SSSR count). The first-order valence-electron chi connectivity index (χ1n) is 7.52. The topological polar surface area (TPSA) is 104 Å². The van der Waals surface area contributed by atoms with Crippen molar-refractivity contribution in [3.8, 4) is 6.07 Å². The Balaban J connectivity index is 1.70. The predicted molar refractivity (Wildman–Crippen MR) is 92.7 cm³/mol. The number of nitrogens with zero attached hydrogens (tertiary/aromatic N) is 4. The molecule has 0 atom stereocenters. The van der Waals surface area contributed by atoms with Gasteiger partial charge in [0.05, 0.1) is 11.3 Å². The van der Waals surface area contributed by atoms with Crippen LogP contribution in [0.5, 0.6) is 0 Å². The number of benzene rings is 1. The minimum Gasteiger partial charge on any atom is -0.350 e. The number of rotatable bonds is 5. The lowest BCUT2D eigenvalue weighted by atomic mass is 10.2. The van der Waals surface area contributed by atoms with Crippen LogP contribution in [0.2, 0.25) is 0 Å². The summed E-state index contributed by atoms with van der Waals surface area (Å²) in [6.45, 7) is 0.496. The van der Waals surface area contributed by atoms with Crippen molar-refractivity contribution in [2.75, 3.05) is 10.6 Å². The normalized spacial score (nSPS) is 9.88. The Morgan fingerprint density at radius 2 is 2.00 bits per heavy atom. The average molecular weight is 330 g/mol. The maximum absolute atomic E-state index is 12.4. The number of nitrogens with one attached hydrogen (secondary N) is 2. The second kappa shape index (κ2) is 7.66. The molecule has 2 aromatic heterocycles. The van der Waals surface area contributed by atoms with Gasteiger partial charge >= 0.3 is 0 Å². The lowest BCUT2D eigenvalue weighted by Crippen LogP contribution is -2.16. The van der Waals surface area contributed by atoms with Gasteiger partial charge in [-0.05, 0) is 29.8 Å². The number of hydrogen-bond donors (Lipinski definition) is 2. The maximum Gasteiger partial charge on any atom is 0.274 e. The second-order valence-corrected chi connectivity index (χ2v) is 5.09. The molecule has 0 fully saturated rings. The number of hydrogen-bond acceptors (Lipinski definition) is 6. The molecule has 0 aliphatic heterocycles. The first-order valence-corrected chi connectivity index (χ1v) is 7.52. The molecule has 7 heteroatoms. The monoisotopic (exact) mass is 330 g/mol. The van der Waals surface area contributed by atoms with Crippen LogP contribution in [0.3, 0.4) is 0 Å². The molecule has 1 aromatic carbocycles. The van der Waals surface area contributed by atoms with Crippen molar-refractivity contribution in [2.24, 2.45) is 0 Å². The highest BCUT2D eigenvalue weighted by Crippen LogP contribution is 2.14. The first-order chi connectivity index (χ1) is 12.3. The fourth-order valence-electron chi connectivity index (χ4n) is 2.13. The molecule has 0 aliphatic rings. The maximum atomic E-state index is 12.4. The van der Waals surface area contributed by atoms with Crippen LogP contribution < -0.4 is 10.6 Å². The number of anilines is 2. The number of carbonyl (C=O) groups excluding carboxylic acids is 1. The van der Waals surface area contributed by atoms with Crippen LogP contribution in [0.15, 0.2) is 61.1 Å². The molecule has 25 heavy (non-hydrogen) atoms. The zero-order chi connectivity index (χ0) is 17.5. The number of aromatic nitrogens is 3. The Labute approximate surface area is 144 Å². The van der Waals surface area contributed by atoms with Gasteiger partial charge in [0.2, 0.25) is 5.95 Å². The zero-order valence-electron chi connectivity index (χ0n) is 13.2. The summed E-state index contributed by atoms with van der Waals surface area (Å²) in [5.41, 5.74) is 2.01. The van der Waals surface area contributed by atoms with Gasteiger partial charge < -0.3 is 10.6 Å². The van der Waals surface area contributed by atoms with Crippen molar-refractivity contribution in [1.82, 2.24) is 15.0 Å². The fraction of sp³-hybridized carbons (Fsp3) is 0.0556. The van der Waals surface area contributed by atoms with E-state index in [-0.39, 0.29) is 5.69 Å². The van der Waals surface area contributed by atoms with Crippen LogP contribution >= 0.6 is 0 Å². The lowest BCUT2D eigenvalue weighted by molar-refractivity contribution is 0.102. The number of para-hydroxylation sites is 1. The van der Waals surface area contributed by atoms with E-state index in [1.54, 1.807) is 36.7 Å². The Morgan fingerprint density at radius 1 is 1.12 bits per heavy atom. The number of nitriles is 1. The van der Waals surface area contributed by atoms with Crippen LogP contribution in [0, 0.1) is 11.3 Å². The van der Waals surface area contributed by atoms with Gasteiger partial charge in [-0.3, -0.25) is 9.78 Å². The molecule has 0 spiro atoms. The minimum absolute atomic E-state index is 0.205. The highest BCUT2D eigenvalue weighted by molar-refractivity contribution is 6.03. The van der Waals surface area contributed by atoms with E-state index in [4.69, 9.17) is 5.26 Å². The Morgan fingerprint density at radius 3 is 2.80 bits per heavy atom. The minimum atomic E-state index is -0.408. The third kappa shape index (κ3) is 4.14. The summed E-state index contributed by atoms with van der Waals surface area (Å²) in [6, 6.07) is 14.1. The number of pyridine rings is 1. The summed E-state index contributed by atoms with van der Waals surface area (Å²) in [7, 11) is 0. The molecule has 0 saturated carbocycles. The van der Waals surface area contributed by atoms with Crippen LogP contribution in [0.4, 0.5) is 11.6 Å². The number of amides is 1.